The Morgan fingerprint density at radius 3 is 2.50 bits per heavy atom. The van der Waals surface area contributed by atoms with E-state index in [2.05, 4.69) is 20.1 Å². The Balaban J connectivity index is 0.000000963. The lowest BCUT2D eigenvalue weighted by Crippen LogP contribution is -2.28. The van der Waals surface area contributed by atoms with Crippen LogP contribution in [-0.4, -0.2) is 27.9 Å². The molecular weight excluding hydrogens is 244 g/mol. The maximum absolute atomic E-state index is 5.29. The largest absolute Gasteiger partial charge is 0.317 e. The Bertz CT molecular complexity index is 403. The molecule has 1 aromatic heterocycles. The average molecular weight is 261 g/mol. The molecular formula is C10H17ClN4S. The highest BCUT2D eigenvalue weighted by Gasteiger charge is 2.30. The molecule has 0 unspecified atom stereocenters. The zero-order valence-corrected chi connectivity index (χ0v) is 10.7. The highest BCUT2D eigenvalue weighted by atomic mass is 35.5. The first-order chi connectivity index (χ1) is 7.36. The predicted octanol–water partition coefficient (Wildman–Crippen LogP) is 2.16. The maximum atomic E-state index is 5.29. The maximum Gasteiger partial charge on any atom is 0.195 e. The molecule has 0 atom stereocenters. The number of hydrogen-bond acceptors (Lipinski definition) is 3. The molecule has 2 heterocycles. The van der Waals surface area contributed by atoms with E-state index in [-0.39, 0.29) is 12.4 Å². The summed E-state index contributed by atoms with van der Waals surface area (Å²) >= 11 is 5.29. The van der Waals surface area contributed by atoms with Gasteiger partial charge in [-0.15, -0.1) is 12.4 Å². The number of halogens is 1. The molecule has 4 nitrogen and oxygen atoms in total. The Morgan fingerprint density at radius 2 is 1.88 bits per heavy atom. The second-order valence-corrected chi connectivity index (χ2v) is 4.90. The SMILES string of the molecule is Cl.S=c1[nH]nc(C2CCNCC2)n1C1CC1. The molecule has 16 heavy (non-hydrogen) atoms. The van der Waals surface area contributed by atoms with Gasteiger partial charge in [-0.25, -0.2) is 0 Å². The van der Waals surface area contributed by atoms with Gasteiger partial charge in [-0.1, -0.05) is 0 Å². The lowest BCUT2D eigenvalue weighted by Gasteiger charge is -2.22. The Kier molecular flexibility index (Phi) is 3.66. The number of aromatic amines is 1. The molecule has 1 saturated carbocycles. The number of piperidine rings is 1. The van der Waals surface area contributed by atoms with Crippen LogP contribution in [0.1, 0.15) is 43.5 Å². The molecule has 90 valence electrons. The van der Waals surface area contributed by atoms with Crippen LogP contribution in [0.2, 0.25) is 0 Å². The van der Waals surface area contributed by atoms with Gasteiger partial charge in [0.2, 0.25) is 0 Å². The zero-order chi connectivity index (χ0) is 10.3. The predicted molar refractivity (Wildman–Crippen MR) is 67.8 cm³/mol. The van der Waals surface area contributed by atoms with E-state index in [0.717, 1.165) is 17.9 Å². The normalized spacial score (nSPS) is 21.8. The zero-order valence-electron chi connectivity index (χ0n) is 9.11. The molecule has 2 N–H and O–H groups in total. The van der Waals surface area contributed by atoms with Gasteiger partial charge in [-0.3, -0.25) is 5.10 Å². The minimum atomic E-state index is 0. The van der Waals surface area contributed by atoms with Gasteiger partial charge in [0.15, 0.2) is 4.77 Å². The first-order valence-corrected chi connectivity index (χ1v) is 6.14. The van der Waals surface area contributed by atoms with E-state index in [0.29, 0.717) is 12.0 Å². The van der Waals surface area contributed by atoms with Crippen molar-refractivity contribution in [3.05, 3.63) is 10.6 Å². The highest BCUT2D eigenvalue weighted by molar-refractivity contribution is 7.71. The number of nitrogens with zero attached hydrogens (tertiary/aromatic N) is 2. The van der Waals surface area contributed by atoms with Crippen molar-refractivity contribution >= 4 is 24.6 Å². The third kappa shape index (κ3) is 2.17. The van der Waals surface area contributed by atoms with Gasteiger partial charge in [0.25, 0.3) is 0 Å². The van der Waals surface area contributed by atoms with Crippen molar-refractivity contribution < 1.29 is 0 Å². The van der Waals surface area contributed by atoms with Crippen molar-refractivity contribution in [3.63, 3.8) is 0 Å². The summed E-state index contributed by atoms with van der Waals surface area (Å²) in [7, 11) is 0. The van der Waals surface area contributed by atoms with E-state index in [1.54, 1.807) is 0 Å². The smallest absolute Gasteiger partial charge is 0.195 e. The van der Waals surface area contributed by atoms with Gasteiger partial charge in [-0.05, 0) is 51.0 Å². The van der Waals surface area contributed by atoms with Crippen LogP contribution >= 0.6 is 24.6 Å². The van der Waals surface area contributed by atoms with Crippen LogP contribution in [0, 0.1) is 4.77 Å². The van der Waals surface area contributed by atoms with Crippen LogP contribution in [0.15, 0.2) is 0 Å². The lowest BCUT2D eigenvalue weighted by atomic mass is 9.97. The third-order valence-electron chi connectivity index (χ3n) is 3.35. The van der Waals surface area contributed by atoms with Crippen molar-refractivity contribution in [1.29, 1.82) is 0 Å². The third-order valence-corrected chi connectivity index (χ3v) is 3.64. The van der Waals surface area contributed by atoms with Gasteiger partial charge in [0.05, 0.1) is 0 Å². The van der Waals surface area contributed by atoms with Crippen molar-refractivity contribution in [2.45, 2.75) is 37.6 Å². The van der Waals surface area contributed by atoms with E-state index in [4.69, 9.17) is 12.2 Å². The summed E-state index contributed by atoms with van der Waals surface area (Å²) in [6.45, 7) is 2.21. The molecule has 0 aromatic carbocycles. The molecule has 1 saturated heterocycles. The van der Waals surface area contributed by atoms with Crippen LogP contribution in [0.3, 0.4) is 0 Å². The minimum absolute atomic E-state index is 0. The second-order valence-electron chi connectivity index (χ2n) is 4.51. The Hall–Kier alpha value is -0.390. The van der Waals surface area contributed by atoms with Crippen LogP contribution in [0.4, 0.5) is 0 Å². The lowest BCUT2D eigenvalue weighted by molar-refractivity contribution is 0.430. The van der Waals surface area contributed by atoms with Crippen LogP contribution < -0.4 is 5.32 Å². The topological polar surface area (TPSA) is 45.6 Å². The van der Waals surface area contributed by atoms with Crippen LogP contribution in [0.25, 0.3) is 0 Å². The molecule has 0 radical (unpaired) electrons. The molecule has 2 aliphatic rings. The summed E-state index contributed by atoms with van der Waals surface area (Å²) < 4.78 is 3.07. The molecule has 1 aliphatic heterocycles. The summed E-state index contributed by atoms with van der Waals surface area (Å²) in [5.74, 6) is 1.80. The fourth-order valence-corrected chi connectivity index (χ4v) is 2.66. The van der Waals surface area contributed by atoms with Gasteiger partial charge in [0.1, 0.15) is 5.82 Å². The van der Waals surface area contributed by atoms with Crippen LogP contribution in [-0.2, 0) is 0 Å². The summed E-state index contributed by atoms with van der Waals surface area (Å²) in [5.41, 5.74) is 0. The van der Waals surface area contributed by atoms with Gasteiger partial charge in [-0.2, -0.15) is 5.10 Å². The number of nitrogens with one attached hydrogen (secondary N) is 2. The van der Waals surface area contributed by atoms with Crippen molar-refractivity contribution in [2.24, 2.45) is 0 Å². The molecule has 1 aromatic rings. The molecule has 0 amide bonds. The molecule has 0 bridgehead atoms. The molecule has 3 rings (SSSR count). The summed E-state index contributed by atoms with van der Waals surface area (Å²) in [5, 5.41) is 10.8. The fourth-order valence-electron chi connectivity index (χ4n) is 2.37. The van der Waals surface area contributed by atoms with Gasteiger partial charge < -0.3 is 9.88 Å². The first-order valence-electron chi connectivity index (χ1n) is 5.74. The van der Waals surface area contributed by atoms with Crippen molar-refractivity contribution in [1.82, 2.24) is 20.1 Å². The number of H-pyrrole nitrogens is 1. The van der Waals surface area contributed by atoms with E-state index >= 15 is 0 Å². The standard InChI is InChI=1S/C10H16N4S.ClH/c15-10-13-12-9(14(10)8-1-2-8)7-3-5-11-6-4-7;/h7-8,11H,1-6H2,(H,13,15);1H. The fraction of sp³-hybridized carbons (Fsp3) is 0.800. The van der Waals surface area contributed by atoms with Crippen molar-refractivity contribution in [2.75, 3.05) is 13.1 Å². The van der Waals surface area contributed by atoms with E-state index in [1.165, 1.54) is 31.5 Å². The second kappa shape index (κ2) is 4.85. The molecule has 0 spiro atoms. The molecule has 1 aliphatic carbocycles. The number of rotatable bonds is 2. The Morgan fingerprint density at radius 1 is 1.19 bits per heavy atom. The minimum Gasteiger partial charge on any atom is -0.317 e. The van der Waals surface area contributed by atoms with E-state index < -0.39 is 0 Å². The molecule has 6 heteroatoms. The summed E-state index contributed by atoms with van der Waals surface area (Å²) in [4.78, 5) is 0. The summed E-state index contributed by atoms with van der Waals surface area (Å²) in [6.07, 6.45) is 4.91. The average Bonchev–Trinajstić information content (AvgIpc) is 3.03. The highest BCUT2D eigenvalue weighted by Crippen LogP contribution is 2.38. The Labute approximate surface area is 106 Å². The first kappa shape index (κ1) is 12.1. The quantitative estimate of drug-likeness (QED) is 0.801. The number of hydrogen-bond donors (Lipinski definition) is 2. The van der Waals surface area contributed by atoms with E-state index in [9.17, 15) is 0 Å². The number of aromatic nitrogens is 3. The van der Waals surface area contributed by atoms with Gasteiger partial charge >= 0.3 is 0 Å². The van der Waals surface area contributed by atoms with Crippen LogP contribution in [0.5, 0.6) is 0 Å². The van der Waals surface area contributed by atoms with Gasteiger partial charge in [0, 0.05) is 12.0 Å². The summed E-state index contributed by atoms with van der Waals surface area (Å²) in [6, 6.07) is 0.640. The van der Waals surface area contributed by atoms with E-state index in [1.807, 2.05) is 0 Å². The monoisotopic (exact) mass is 260 g/mol. The van der Waals surface area contributed by atoms with Crippen molar-refractivity contribution in [3.8, 4) is 0 Å². The molecule has 2 fully saturated rings.